The van der Waals surface area contributed by atoms with Crippen LogP contribution in [0.15, 0.2) is 22.7 Å². The summed E-state index contributed by atoms with van der Waals surface area (Å²) in [5, 5.41) is 6.31. The van der Waals surface area contributed by atoms with Crippen molar-refractivity contribution in [2.24, 2.45) is 5.73 Å². The molecule has 2 rings (SSSR count). The third kappa shape index (κ3) is 4.51. The van der Waals surface area contributed by atoms with E-state index in [1.807, 2.05) is 25.1 Å². The summed E-state index contributed by atoms with van der Waals surface area (Å²) in [4.78, 5) is 11.8. The zero-order chi connectivity index (χ0) is 13.8. The maximum atomic E-state index is 11.8. The monoisotopic (exact) mass is 325 g/mol. The highest BCUT2D eigenvalue weighted by Gasteiger charge is 2.24. The summed E-state index contributed by atoms with van der Waals surface area (Å²) in [5.74, 6) is 0.0780. The second-order valence-electron chi connectivity index (χ2n) is 5.11. The van der Waals surface area contributed by atoms with Crippen LogP contribution < -0.4 is 16.4 Å². The van der Waals surface area contributed by atoms with Gasteiger partial charge in [-0.05, 0) is 53.4 Å². The number of anilines is 1. The van der Waals surface area contributed by atoms with Crippen molar-refractivity contribution in [1.29, 1.82) is 0 Å². The van der Waals surface area contributed by atoms with Gasteiger partial charge in [0.25, 0.3) is 0 Å². The van der Waals surface area contributed by atoms with Crippen LogP contribution in [0.3, 0.4) is 0 Å². The molecule has 0 spiro atoms. The summed E-state index contributed by atoms with van der Waals surface area (Å²) in [6, 6.07) is 6.43. The van der Waals surface area contributed by atoms with Crippen LogP contribution in [0.1, 0.15) is 24.8 Å². The Kier molecular flexibility index (Phi) is 4.82. The molecule has 1 saturated carbocycles. The molecule has 1 aliphatic rings. The Balaban J connectivity index is 1.93. The van der Waals surface area contributed by atoms with Gasteiger partial charge >= 0.3 is 0 Å². The number of hydrogen-bond acceptors (Lipinski definition) is 3. The fourth-order valence-corrected chi connectivity index (χ4v) is 2.26. The number of nitrogens with two attached hydrogens (primary N) is 1. The van der Waals surface area contributed by atoms with E-state index < -0.39 is 0 Å². The maximum Gasteiger partial charge on any atom is 0.222 e. The van der Waals surface area contributed by atoms with Crippen LogP contribution >= 0.6 is 15.9 Å². The molecule has 0 radical (unpaired) electrons. The van der Waals surface area contributed by atoms with Gasteiger partial charge in [0, 0.05) is 35.2 Å². The fraction of sp³-hybridized carbons (Fsp3) is 0.500. The van der Waals surface area contributed by atoms with Crippen LogP contribution in [0.4, 0.5) is 5.69 Å². The number of rotatable bonds is 6. The molecule has 1 aromatic rings. The third-order valence-electron chi connectivity index (χ3n) is 3.14. The molecule has 1 unspecified atom stereocenters. The number of aryl methyl sites for hydroxylation is 1. The highest BCUT2D eigenvalue weighted by molar-refractivity contribution is 9.10. The Labute approximate surface area is 122 Å². The van der Waals surface area contributed by atoms with Gasteiger partial charge in [-0.3, -0.25) is 4.79 Å². The Bertz CT molecular complexity index is 460. The van der Waals surface area contributed by atoms with Crippen molar-refractivity contribution in [3.8, 4) is 0 Å². The molecule has 1 atom stereocenters. The van der Waals surface area contributed by atoms with Crippen LogP contribution in [0.2, 0.25) is 0 Å². The summed E-state index contributed by atoms with van der Waals surface area (Å²) >= 11 is 3.50. The first-order chi connectivity index (χ1) is 9.08. The van der Waals surface area contributed by atoms with E-state index in [0.29, 0.717) is 19.0 Å². The molecule has 19 heavy (non-hydrogen) atoms. The number of halogens is 1. The molecule has 0 bridgehead atoms. The molecule has 104 valence electrons. The van der Waals surface area contributed by atoms with Gasteiger partial charge in [0.2, 0.25) is 5.91 Å². The molecular formula is C14H20BrN3O. The van der Waals surface area contributed by atoms with E-state index in [9.17, 15) is 4.79 Å². The SMILES string of the molecule is Cc1ccc(Br)c(NC(CN)CC(=O)NC2CC2)c1. The molecule has 1 aromatic carbocycles. The minimum atomic E-state index is -0.0446. The van der Waals surface area contributed by atoms with E-state index in [-0.39, 0.29) is 11.9 Å². The van der Waals surface area contributed by atoms with Gasteiger partial charge in [0.1, 0.15) is 0 Å². The van der Waals surface area contributed by atoms with Gasteiger partial charge in [-0.25, -0.2) is 0 Å². The Morgan fingerprint density at radius 1 is 1.53 bits per heavy atom. The highest BCUT2D eigenvalue weighted by atomic mass is 79.9. The van der Waals surface area contributed by atoms with Crippen molar-refractivity contribution in [2.45, 2.75) is 38.3 Å². The minimum Gasteiger partial charge on any atom is -0.380 e. The molecule has 0 saturated heterocycles. The van der Waals surface area contributed by atoms with Crippen LogP contribution in [0.5, 0.6) is 0 Å². The van der Waals surface area contributed by atoms with Crippen LogP contribution in [-0.2, 0) is 4.79 Å². The maximum absolute atomic E-state index is 11.8. The standard InChI is InChI=1S/C14H20BrN3O/c1-9-2-5-12(15)13(6-9)17-11(8-16)7-14(19)18-10-3-4-10/h2,5-6,10-11,17H,3-4,7-8,16H2,1H3,(H,18,19). The summed E-state index contributed by atoms with van der Waals surface area (Å²) in [6.45, 7) is 2.47. The average Bonchev–Trinajstić information content (AvgIpc) is 3.16. The van der Waals surface area contributed by atoms with Crippen molar-refractivity contribution >= 4 is 27.5 Å². The lowest BCUT2D eigenvalue weighted by molar-refractivity contribution is -0.121. The lowest BCUT2D eigenvalue weighted by Crippen LogP contribution is -2.36. The molecular weight excluding hydrogens is 306 g/mol. The summed E-state index contributed by atoms with van der Waals surface area (Å²) in [7, 11) is 0. The first-order valence-electron chi connectivity index (χ1n) is 6.60. The molecule has 4 nitrogen and oxygen atoms in total. The zero-order valence-corrected chi connectivity index (χ0v) is 12.7. The first kappa shape index (κ1) is 14.3. The topological polar surface area (TPSA) is 67.1 Å². The largest absolute Gasteiger partial charge is 0.380 e. The molecule has 5 heteroatoms. The minimum absolute atomic E-state index is 0.0446. The van der Waals surface area contributed by atoms with Crippen molar-refractivity contribution in [3.05, 3.63) is 28.2 Å². The van der Waals surface area contributed by atoms with E-state index in [0.717, 1.165) is 23.0 Å². The van der Waals surface area contributed by atoms with Crippen molar-refractivity contribution < 1.29 is 4.79 Å². The van der Waals surface area contributed by atoms with E-state index in [4.69, 9.17) is 5.73 Å². The van der Waals surface area contributed by atoms with E-state index in [1.165, 1.54) is 5.56 Å². The normalized spacial score (nSPS) is 15.9. The Morgan fingerprint density at radius 3 is 2.89 bits per heavy atom. The second-order valence-corrected chi connectivity index (χ2v) is 5.96. The quantitative estimate of drug-likeness (QED) is 0.750. The first-order valence-corrected chi connectivity index (χ1v) is 7.40. The summed E-state index contributed by atoms with van der Waals surface area (Å²) in [5.41, 5.74) is 7.90. The smallest absolute Gasteiger partial charge is 0.222 e. The summed E-state index contributed by atoms with van der Waals surface area (Å²) < 4.78 is 0.985. The van der Waals surface area contributed by atoms with Crippen LogP contribution in [-0.4, -0.2) is 24.5 Å². The predicted molar refractivity (Wildman–Crippen MR) is 81.1 cm³/mol. The van der Waals surface area contributed by atoms with E-state index in [2.05, 4.69) is 26.6 Å². The van der Waals surface area contributed by atoms with Crippen molar-refractivity contribution in [2.75, 3.05) is 11.9 Å². The molecule has 0 heterocycles. The number of carbonyl (C=O) groups is 1. The van der Waals surface area contributed by atoms with Crippen molar-refractivity contribution in [1.82, 2.24) is 5.32 Å². The van der Waals surface area contributed by atoms with E-state index in [1.54, 1.807) is 0 Å². The number of hydrogen-bond donors (Lipinski definition) is 3. The molecule has 1 fully saturated rings. The second kappa shape index (κ2) is 6.39. The number of benzene rings is 1. The average molecular weight is 326 g/mol. The van der Waals surface area contributed by atoms with E-state index >= 15 is 0 Å². The van der Waals surface area contributed by atoms with Crippen LogP contribution in [0, 0.1) is 6.92 Å². The molecule has 0 aliphatic heterocycles. The van der Waals surface area contributed by atoms with Crippen molar-refractivity contribution in [3.63, 3.8) is 0 Å². The third-order valence-corrected chi connectivity index (χ3v) is 3.83. The number of nitrogens with one attached hydrogen (secondary N) is 2. The number of amides is 1. The molecule has 0 aromatic heterocycles. The highest BCUT2D eigenvalue weighted by Crippen LogP contribution is 2.24. The van der Waals surface area contributed by atoms with Gasteiger partial charge in [0.05, 0.1) is 0 Å². The molecule has 4 N–H and O–H groups in total. The van der Waals surface area contributed by atoms with Gasteiger partial charge in [-0.2, -0.15) is 0 Å². The van der Waals surface area contributed by atoms with Gasteiger partial charge in [-0.1, -0.05) is 6.07 Å². The van der Waals surface area contributed by atoms with Gasteiger partial charge in [-0.15, -0.1) is 0 Å². The predicted octanol–water partition coefficient (Wildman–Crippen LogP) is 2.17. The van der Waals surface area contributed by atoms with Crippen LogP contribution in [0.25, 0.3) is 0 Å². The lowest BCUT2D eigenvalue weighted by Gasteiger charge is -2.19. The lowest BCUT2D eigenvalue weighted by atomic mass is 10.1. The van der Waals surface area contributed by atoms with Gasteiger partial charge < -0.3 is 16.4 Å². The molecule has 1 aliphatic carbocycles. The Morgan fingerprint density at radius 2 is 2.26 bits per heavy atom. The summed E-state index contributed by atoms with van der Waals surface area (Å²) in [6.07, 6.45) is 2.62. The molecule has 1 amide bonds. The zero-order valence-electron chi connectivity index (χ0n) is 11.1. The Hall–Kier alpha value is -1.07. The number of carbonyl (C=O) groups excluding carboxylic acids is 1. The fourth-order valence-electron chi connectivity index (χ4n) is 1.90. The van der Waals surface area contributed by atoms with Gasteiger partial charge in [0.15, 0.2) is 0 Å².